The summed E-state index contributed by atoms with van der Waals surface area (Å²) in [5.41, 5.74) is 2.96. The Balaban J connectivity index is 2.99. The molecule has 2 nitrogen and oxygen atoms in total. The molecular formula is C11H16O2. The topological polar surface area (TPSA) is 40.5 Å². The Morgan fingerprint density at radius 3 is 2.38 bits per heavy atom. The third-order valence-corrected chi connectivity index (χ3v) is 2.23. The predicted molar refractivity (Wildman–Crippen MR) is 53.0 cm³/mol. The zero-order chi connectivity index (χ0) is 10.0. The molecule has 2 N–H and O–H groups in total. The van der Waals surface area contributed by atoms with E-state index in [-0.39, 0.29) is 6.10 Å². The first kappa shape index (κ1) is 10.1. The van der Waals surface area contributed by atoms with E-state index in [0.717, 1.165) is 16.7 Å². The van der Waals surface area contributed by atoms with Gasteiger partial charge in [0.15, 0.2) is 0 Å². The van der Waals surface area contributed by atoms with Crippen LogP contribution in [0.1, 0.15) is 23.6 Å². The van der Waals surface area contributed by atoms with E-state index in [9.17, 15) is 10.2 Å². The van der Waals surface area contributed by atoms with Gasteiger partial charge in [-0.25, -0.2) is 0 Å². The SMILES string of the molecule is Cc1cc(CC(C)O)cc(O)c1C. The Hall–Kier alpha value is -1.02. The fraction of sp³-hybridized carbons (Fsp3) is 0.455. The largest absolute Gasteiger partial charge is 0.508 e. The molecule has 1 atom stereocenters. The number of aliphatic hydroxyl groups is 1. The van der Waals surface area contributed by atoms with Crippen LogP contribution in [-0.2, 0) is 6.42 Å². The van der Waals surface area contributed by atoms with E-state index >= 15 is 0 Å². The summed E-state index contributed by atoms with van der Waals surface area (Å²) < 4.78 is 0. The first-order valence-electron chi connectivity index (χ1n) is 4.48. The Kier molecular flexibility index (Phi) is 2.94. The summed E-state index contributed by atoms with van der Waals surface area (Å²) in [5.74, 6) is 0.315. The van der Waals surface area contributed by atoms with Gasteiger partial charge in [-0.15, -0.1) is 0 Å². The van der Waals surface area contributed by atoms with Gasteiger partial charge in [0.25, 0.3) is 0 Å². The summed E-state index contributed by atoms with van der Waals surface area (Å²) in [6.45, 7) is 5.59. The maximum absolute atomic E-state index is 9.51. The van der Waals surface area contributed by atoms with Gasteiger partial charge in [0.05, 0.1) is 6.10 Å². The molecule has 0 heterocycles. The lowest BCUT2D eigenvalue weighted by molar-refractivity contribution is 0.195. The third kappa shape index (κ3) is 2.46. The average molecular weight is 180 g/mol. The number of hydrogen-bond donors (Lipinski definition) is 2. The van der Waals surface area contributed by atoms with Crippen LogP contribution in [0, 0.1) is 13.8 Å². The van der Waals surface area contributed by atoms with Gasteiger partial charge in [0.1, 0.15) is 5.75 Å². The summed E-state index contributed by atoms with van der Waals surface area (Å²) in [5, 5.41) is 18.7. The second-order valence-corrected chi connectivity index (χ2v) is 3.61. The van der Waals surface area contributed by atoms with Crippen molar-refractivity contribution in [2.45, 2.75) is 33.3 Å². The molecule has 0 saturated carbocycles. The highest BCUT2D eigenvalue weighted by Crippen LogP contribution is 2.22. The van der Waals surface area contributed by atoms with Crippen LogP contribution in [0.5, 0.6) is 5.75 Å². The van der Waals surface area contributed by atoms with Crippen LogP contribution >= 0.6 is 0 Å². The molecule has 0 aliphatic rings. The first-order chi connectivity index (χ1) is 6.00. The fourth-order valence-corrected chi connectivity index (χ4v) is 1.37. The fourth-order valence-electron chi connectivity index (χ4n) is 1.37. The lowest BCUT2D eigenvalue weighted by Crippen LogP contribution is -2.04. The molecular weight excluding hydrogens is 164 g/mol. The maximum Gasteiger partial charge on any atom is 0.119 e. The number of hydrogen-bond acceptors (Lipinski definition) is 2. The van der Waals surface area contributed by atoms with Gasteiger partial charge in [-0.05, 0) is 49.9 Å². The predicted octanol–water partition coefficient (Wildman–Crippen LogP) is 1.93. The molecule has 0 aliphatic carbocycles. The molecule has 72 valence electrons. The molecule has 0 radical (unpaired) electrons. The zero-order valence-electron chi connectivity index (χ0n) is 8.33. The van der Waals surface area contributed by atoms with E-state index in [2.05, 4.69) is 0 Å². The quantitative estimate of drug-likeness (QED) is 0.730. The van der Waals surface area contributed by atoms with Gasteiger partial charge in [0, 0.05) is 0 Å². The lowest BCUT2D eigenvalue weighted by atomic mass is 10.0. The average Bonchev–Trinajstić information content (AvgIpc) is 1.98. The van der Waals surface area contributed by atoms with Gasteiger partial charge in [-0.2, -0.15) is 0 Å². The molecule has 2 heteroatoms. The van der Waals surface area contributed by atoms with Gasteiger partial charge < -0.3 is 10.2 Å². The number of aromatic hydroxyl groups is 1. The second kappa shape index (κ2) is 3.79. The van der Waals surface area contributed by atoms with E-state index < -0.39 is 0 Å². The van der Waals surface area contributed by atoms with Gasteiger partial charge >= 0.3 is 0 Å². The van der Waals surface area contributed by atoms with Crippen molar-refractivity contribution in [3.8, 4) is 5.75 Å². The number of phenols is 1. The van der Waals surface area contributed by atoms with E-state index in [1.165, 1.54) is 0 Å². The second-order valence-electron chi connectivity index (χ2n) is 3.61. The smallest absolute Gasteiger partial charge is 0.119 e. The molecule has 0 aromatic heterocycles. The van der Waals surface area contributed by atoms with E-state index in [0.29, 0.717) is 12.2 Å². The Morgan fingerprint density at radius 2 is 1.92 bits per heavy atom. The monoisotopic (exact) mass is 180 g/mol. The molecule has 0 spiro atoms. The highest BCUT2D eigenvalue weighted by molar-refractivity contribution is 5.41. The van der Waals surface area contributed by atoms with Crippen molar-refractivity contribution in [2.24, 2.45) is 0 Å². The number of rotatable bonds is 2. The van der Waals surface area contributed by atoms with Crippen LogP contribution in [0.15, 0.2) is 12.1 Å². The van der Waals surface area contributed by atoms with Crippen LogP contribution in [0.2, 0.25) is 0 Å². The lowest BCUT2D eigenvalue weighted by Gasteiger charge is -2.09. The minimum atomic E-state index is -0.360. The van der Waals surface area contributed by atoms with E-state index in [1.54, 1.807) is 13.0 Å². The number of phenolic OH excluding ortho intramolecular Hbond substituents is 1. The van der Waals surface area contributed by atoms with E-state index in [1.807, 2.05) is 19.9 Å². The Morgan fingerprint density at radius 1 is 1.31 bits per heavy atom. The summed E-state index contributed by atoms with van der Waals surface area (Å²) in [6, 6.07) is 3.72. The number of aliphatic hydroxyl groups excluding tert-OH is 1. The molecule has 1 unspecified atom stereocenters. The van der Waals surface area contributed by atoms with Crippen molar-refractivity contribution < 1.29 is 10.2 Å². The third-order valence-electron chi connectivity index (χ3n) is 2.23. The summed E-state index contributed by atoms with van der Waals surface area (Å²) in [6.07, 6.45) is 0.232. The van der Waals surface area contributed by atoms with Gasteiger partial charge in [-0.3, -0.25) is 0 Å². The standard InChI is InChI=1S/C11H16O2/c1-7-4-10(5-8(2)12)6-11(13)9(7)3/h4,6,8,12-13H,5H2,1-3H3. The van der Waals surface area contributed by atoms with Crippen molar-refractivity contribution in [1.29, 1.82) is 0 Å². The minimum Gasteiger partial charge on any atom is -0.508 e. The van der Waals surface area contributed by atoms with Crippen molar-refractivity contribution in [3.05, 3.63) is 28.8 Å². The molecule has 1 aromatic rings. The minimum absolute atomic E-state index is 0.315. The first-order valence-corrected chi connectivity index (χ1v) is 4.48. The van der Waals surface area contributed by atoms with Crippen LogP contribution in [0.4, 0.5) is 0 Å². The van der Waals surface area contributed by atoms with Gasteiger partial charge in [-0.1, -0.05) is 6.07 Å². The van der Waals surface area contributed by atoms with Crippen molar-refractivity contribution in [2.75, 3.05) is 0 Å². The summed E-state index contributed by atoms with van der Waals surface area (Å²) in [7, 11) is 0. The van der Waals surface area contributed by atoms with Crippen LogP contribution in [-0.4, -0.2) is 16.3 Å². The summed E-state index contributed by atoms with van der Waals surface area (Å²) in [4.78, 5) is 0. The zero-order valence-corrected chi connectivity index (χ0v) is 8.33. The van der Waals surface area contributed by atoms with Crippen molar-refractivity contribution >= 4 is 0 Å². The molecule has 1 rings (SSSR count). The number of benzene rings is 1. The van der Waals surface area contributed by atoms with Crippen LogP contribution < -0.4 is 0 Å². The van der Waals surface area contributed by atoms with Crippen LogP contribution in [0.25, 0.3) is 0 Å². The molecule has 0 bridgehead atoms. The van der Waals surface area contributed by atoms with Crippen molar-refractivity contribution in [3.63, 3.8) is 0 Å². The number of aryl methyl sites for hydroxylation is 1. The molecule has 1 aromatic carbocycles. The van der Waals surface area contributed by atoms with Gasteiger partial charge in [0.2, 0.25) is 0 Å². The normalized spacial score (nSPS) is 12.9. The Bertz CT molecular complexity index is 280. The van der Waals surface area contributed by atoms with Crippen molar-refractivity contribution in [1.82, 2.24) is 0 Å². The highest BCUT2D eigenvalue weighted by Gasteiger charge is 2.04. The molecule has 0 aliphatic heterocycles. The van der Waals surface area contributed by atoms with Crippen LogP contribution in [0.3, 0.4) is 0 Å². The molecule has 0 saturated heterocycles. The molecule has 0 amide bonds. The molecule has 13 heavy (non-hydrogen) atoms. The Labute approximate surface area is 78.8 Å². The summed E-state index contributed by atoms with van der Waals surface area (Å²) >= 11 is 0. The van der Waals surface area contributed by atoms with E-state index in [4.69, 9.17) is 0 Å². The maximum atomic E-state index is 9.51. The highest BCUT2D eigenvalue weighted by atomic mass is 16.3. The molecule has 0 fully saturated rings.